The summed E-state index contributed by atoms with van der Waals surface area (Å²) in [4.78, 5) is 34.3. The van der Waals surface area contributed by atoms with E-state index in [4.69, 9.17) is 16.9 Å². The average molecular weight is 530 g/mol. The van der Waals surface area contributed by atoms with Gasteiger partial charge in [0.15, 0.2) is 6.19 Å². The molecule has 13 heteroatoms. The molecule has 0 spiro atoms. The summed E-state index contributed by atoms with van der Waals surface area (Å²) in [6, 6.07) is 12.1. The fourth-order valence-corrected chi connectivity index (χ4v) is 5.61. The molecular formula is C24H16ClN9O2S. The number of aryl methyl sites for hydroxylation is 1. The van der Waals surface area contributed by atoms with Gasteiger partial charge in [-0.15, -0.1) is 16.4 Å². The maximum atomic E-state index is 13.4. The number of benzene rings is 1. The Hall–Kier alpha value is -4.60. The minimum Gasteiger partial charge on any atom is -0.340 e. The molecule has 2 N–H and O–H groups in total. The van der Waals surface area contributed by atoms with Crippen molar-refractivity contribution in [1.82, 2.24) is 40.1 Å². The van der Waals surface area contributed by atoms with Gasteiger partial charge in [0.2, 0.25) is 0 Å². The Balaban J connectivity index is 1.33. The van der Waals surface area contributed by atoms with E-state index in [9.17, 15) is 9.59 Å². The van der Waals surface area contributed by atoms with Crippen LogP contribution in [0.3, 0.4) is 0 Å². The third kappa shape index (κ3) is 4.10. The Morgan fingerprint density at radius 3 is 2.95 bits per heavy atom. The van der Waals surface area contributed by atoms with Crippen LogP contribution < -0.4 is 10.9 Å². The number of carbonyl (C=O) groups excluding carboxylic acids is 1. The number of aromatic amines is 1. The zero-order valence-electron chi connectivity index (χ0n) is 18.9. The van der Waals surface area contributed by atoms with Gasteiger partial charge < -0.3 is 9.55 Å². The summed E-state index contributed by atoms with van der Waals surface area (Å²) < 4.78 is 3.29. The zero-order valence-corrected chi connectivity index (χ0v) is 20.5. The van der Waals surface area contributed by atoms with Crippen LogP contribution in [-0.2, 0) is 6.42 Å². The molecule has 1 aromatic carbocycles. The predicted molar refractivity (Wildman–Crippen MR) is 135 cm³/mol. The number of halogens is 1. The molecule has 1 aliphatic rings. The fourth-order valence-electron chi connectivity index (χ4n) is 4.57. The Morgan fingerprint density at radius 1 is 1.24 bits per heavy atom. The average Bonchev–Trinajstić information content (AvgIpc) is 3.69. The highest BCUT2D eigenvalue weighted by Crippen LogP contribution is 2.35. The molecule has 11 nitrogen and oxygen atoms in total. The van der Waals surface area contributed by atoms with E-state index in [1.807, 2.05) is 12.1 Å². The Bertz CT molecular complexity index is 1750. The number of amides is 1. The van der Waals surface area contributed by atoms with E-state index in [0.29, 0.717) is 34.3 Å². The van der Waals surface area contributed by atoms with Gasteiger partial charge in [-0.2, -0.15) is 9.94 Å². The Morgan fingerprint density at radius 2 is 2.14 bits per heavy atom. The molecule has 182 valence electrons. The van der Waals surface area contributed by atoms with Crippen molar-refractivity contribution in [3.63, 3.8) is 0 Å². The normalized spacial score (nSPS) is 14.3. The SMILES string of the molecule is N#CNC(=O)c1ccc(-c2cnc([C@@H]3CCc4cc(-c5cc(Cl)ccc5-n5cnnn5)cc(=O)n43)[nH]2)s1. The van der Waals surface area contributed by atoms with Gasteiger partial charge in [0.1, 0.15) is 12.2 Å². The molecule has 0 saturated heterocycles. The Labute approximate surface area is 218 Å². The number of aromatic nitrogens is 7. The number of rotatable bonds is 5. The minimum absolute atomic E-state index is 0.151. The van der Waals surface area contributed by atoms with Gasteiger partial charge in [0, 0.05) is 22.3 Å². The van der Waals surface area contributed by atoms with Crippen LogP contribution in [0.1, 0.15) is 33.7 Å². The van der Waals surface area contributed by atoms with E-state index < -0.39 is 5.91 Å². The summed E-state index contributed by atoms with van der Waals surface area (Å²) in [5.41, 5.74) is 3.66. The van der Waals surface area contributed by atoms with E-state index in [1.54, 1.807) is 47.3 Å². The van der Waals surface area contributed by atoms with Crippen LogP contribution >= 0.6 is 22.9 Å². The number of thiophene rings is 1. The molecule has 5 heterocycles. The van der Waals surface area contributed by atoms with Crippen molar-refractivity contribution in [2.75, 3.05) is 0 Å². The van der Waals surface area contributed by atoms with Crippen molar-refractivity contribution in [2.24, 2.45) is 0 Å². The number of hydrogen-bond acceptors (Lipinski definition) is 8. The van der Waals surface area contributed by atoms with Gasteiger partial charge in [0.25, 0.3) is 11.5 Å². The van der Waals surface area contributed by atoms with Crippen molar-refractivity contribution in [1.29, 1.82) is 5.26 Å². The second kappa shape index (κ2) is 9.12. The maximum absolute atomic E-state index is 13.4. The van der Waals surface area contributed by atoms with Crippen molar-refractivity contribution >= 4 is 28.8 Å². The molecule has 0 saturated carbocycles. The third-order valence-electron chi connectivity index (χ3n) is 6.17. The molecule has 6 rings (SSSR count). The molecule has 4 aromatic heterocycles. The summed E-state index contributed by atoms with van der Waals surface area (Å²) in [6.45, 7) is 0. The van der Waals surface area contributed by atoms with Crippen molar-refractivity contribution in [2.45, 2.75) is 18.9 Å². The van der Waals surface area contributed by atoms with E-state index in [2.05, 4.69) is 30.8 Å². The molecule has 0 radical (unpaired) electrons. The van der Waals surface area contributed by atoms with Crippen LogP contribution in [0.15, 0.2) is 59.8 Å². The molecule has 37 heavy (non-hydrogen) atoms. The van der Waals surface area contributed by atoms with Crippen LogP contribution in [0.25, 0.3) is 27.4 Å². The van der Waals surface area contributed by atoms with Crippen LogP contribution in [-0.4, -0.2) is 40.6 Å². The highest BCUT2D eigenvalue weighted by Gasteiger charge is 2.28. The van der Waals surface area contributed by atoms with Crippen LogP contribution in [0.2, 0.25) is 5.02 Å². The molecule has 5 aromatic rings. The first-order chi connectivity index (χ1) is 18.0. The number of H-pyrrole nitrogens is 1. The number of carbonyl (C=O) groups is 1. The number of nitrogens with one attached hydrogen (secondary N) is 2. The van der Waals surface area contributed by atoms with Crippen molar-refractivity contribution in [3.8, 4) is 33.6 Å². The van der Waals surface area contributed by atoms with Crippen molar-refractivity contribution < 1.29 is 4.79 Å². The largest absolute Gasteiger partial charge is 0.340 e. The number of nitriles is 1. The second-order valence-corrected chi connectivity index (χ2v) is 9.85. The molecule has 0 fully saturated rings. The molecular weight excluding hydrogens is 514 g/mol. The first-order valence-electron chi connectivity index (χ1n) is 11.1. The zero-order chi connectivity index (χ0) is 25.5. The standard InChI is InChI=1S/C24H16ClN9O2S/c25-14-1-3-18(33-12-29-31-32-33)16(9-14)13-7-15-2-4-19(34(15)22(35)8-13)23-27-10-17(30-23)20-5-6-21(37-20)24(36)28-11-26/h1,3,5-10,12,19H,2,4H2,(H,27,30)(H,28,36)/t19-/m0/s1. The number of hydrogen-bond donors (Lipinski definition) is 2. The molecule has 1 atom stereocenters. The van der Waals surface area contributed by atoms with Gasteiger partial charge in [-0.25, -0.2) is 4.98 Å². The molecule has 0 aliphatic carbocycles. The Kier molecular flexibility index (Phi) is 5.63. The fraction of sp³-hybridized carbons (Fsp3) is 0.125. The van der Waals surface area contributed by atoms with E-state index in [0.717, 1.165) is 27.4 Å². The van der Waals surface area contributed by atoms with E-state index in [-0.39, 0.29) is 11.6 Å². The predicted octanol–water partition coefficient (Wildman–Crippen LogP) is 3.34. The number of tetrazole rings is 1. The molecule has 0 unspecified atom stereocenters. The van der Waals surface area contributed by atoms with Crippen LogP contribution in [0, 0.1) is 11.5 Å². The lowest BCUT2D eigenvalue weighted by Gasteiger charge is -2.15. The summed E-state index contributed by atoms with van der Waals surface area (Å²) in [5, 5.41) is 22.7. The summed E-state index contributed by atoms with van der Waals surface area (Å²) >= 11 is 7.53. The molecule has 1 aliphatic heterocycles. The smallest absolute Gasteiger partial charge is 0.274 e. The topological polar surface area (TPSA) is 147 Å². The number of pyridine rings is 1. The number of imidazole rings is 1. The van der Waals surface area contributed by atoms with Crippen LogP contribution in [0.5, 0.6) is 0 Å². The highest BCUT2D eigenvalue weighted by atomic mass is 35.5. The second-order valence-electron chi connectivity index (χ2n) is 8.33. The van der Waals surface area contributed by atoms with Gasteiger partial charge in [-0.3, -0.25) is 14.9 Å². The summed E-state index contributed by atoms with van der Waals surface area (Å²) in [5.74, 6) is 0.214. The van der Waals surface area contributed by atoms with Gasteiger partial charge in [0.05, 0.1) is 33.4 Å². The van der Waals surface area contributed by atoms with E-state index in [1.165, 1.54) is 22.3 Å². The first kappa shape index (κ1) is 22.8. The third-order valence-corrected chi connectivity index (χ3v) is 7.53. The van der Waals surface area contributed by atoms with Crippen LogP contribution in [0.4, 0.5) is 0 Å². The lowest BCUT2D eigenvalue weighted by Crippen LogP contribution is -2.23. The van der Waals surface area contributed by atoms with Gasteiger partial charge >= 0.3 is 0 Å². The quantitative estimate of drug-likeness (QED) is 0.262. The monoisotopic (exact) mass is 529 g/mol. The lowest BCUT2D eigenvalue weighted by atomic mass is 10.0. The molecule has 1 amide bonds. The van der Waals surface area contributed by atoms with Gasteiger partial charge in [-0.1, -0.05) is 11.6 Å². The minimum atomic E-state index is -0.450. The number of fused-ring (bicyclic) bond motifs is 1. The number of nitrogens with zero attached hydrogens (tertiary/aromatic N) is 7. The van der Waals surface area contributed by atoms with E-state index >= 15 is 0 Å². The first-order valence-corrected chi connectivity index (χ1v) is 12.3. The molecule has 0 bridgehead atoms. The maximum Gasteiger partial charge on any atom is 0.274 e. The summed E-state index contributed by atoms with van der Waals surface area (Å²) in [6.07, 6.45) is 6.22. The van der Waals surface area contributed by atoms with Gasteiger partial charge in [-0.05, 0) is 65.2 Å². The lowest BCUT2D eigenvalue weighted by molar-refractivity contribution is 0.0977. The van der Waals surface area contributed by atoms with Crippen molar-refractivity contribution in [3.05, 3.63) is 86.8 Å². The summed E-state index contributed by atoms with van der Waals surface area (Å²) in [7, 11) is 0. The highest BCUT2D eigenvalue weighted by molar-refractivity contribution is 7.17.